The van der Waals surface area contributed by atoms with Crippen molar-refractivity contribution in [2.45, 2.75) is 6.61 Å². The van der Waals surface area contributed by atoms with Crippen LogP contribution in [-0.4, -0.2) is 12.9 Å². The summed E-state index contributed by atoms with van der Waals surface area (Å²) in [5.41, 5.74) is 10.1. The number of nitrogen functional groups attached to an aromatic ring is 1. The van der Waals surface area contributed by atoms with Crippen molar-refractivity contribution in [3.63, 3.8) is 0 Å². The van der Waals surface area contributed by atoms with Crippen LogP contribution in [-0.2, 0) is 6.61 Å². The van der Waals surface area contributed by atoms with Crippen molar-refractivity contribution in [3.8, 4) is 11.5 Å². The molecule has 3 N–H and O–H groups in total. The number of nitrogens with two attached hydrogens (primary N) is 1. The van der Waals surface area contributed by atoms with E-state index < -0.39 is 0 Å². The SMILES string of the molecule is COc1ccccc1Nc1ccc2c(c1)OCc1cc(N)ccc1C2=O. The number of fused-ring (bicyclic) bond motifs is 2. The van der Waals surface area contributed by atoms with Gasteiger partial charge in [-0.1, -0.05) is 12.1 Å². The van der Waals surface area contributed by atoms with Crippen molar-refractivity contribution in [1.29, 1.82) is 0 Å². The molecule has 0 aliphatic carbocycles. The van der Waals surface area contributed by atoms with Gasteiger partial charge in [-0.2, -0.15) is 0 Å². The fourth-order valence-corrected chi connectivity index (χ4v) is 3.07. The minimum atomic E-state index is -0.0589. The lowest BCUT2D eigenvalue weighted by Gasteiger charge is -2.13. The summed E-state index contributed by atoms with van der Waals surface area (Å²) in [7, 11) is 1.63. The van der Waals surface area contributed by atoms with Crippen molar-refractivity contribution < 1.29 is 14.3 Å². The van der Waals surface area contributed by atoms with E-state index in [0.29, 0.717) is 29.2 Å². The van der Waals surface area contributed by atoms with E-state index in [1.165, 1.54) is 0 Å². The molecule has 0 aromatic heterocycles. The predicted molar refractivity (Wildman–Crippen MR) is 101 cm³/mol. The van der Waals surface area contributed by atoms with Crippen molar-refractivity contribution in [1.82, 2.24) is 0 Å². The summed E-state index contributed by atoms with van der Waals surface area (Å²) in [5.74, 6) is 1.23. The van der Waals surface area contributed by atoms with Crippen LogP contribution < -0.4 is 20.5 Å². The number of ether oxygens (including phenoxy) is 2. The predicted octanol–water partition coefficient (Wildman–Crippen LogP) is 4.14. The van der Waals surface area contributed by atoms with Crippen LogP contribution in [0.4, 0.5) is 17.1 Å². The second-order valence-electron chi connectivity index (χ2n) is 6.07. The summed E-state index contributed by atoms with van der Waals surface area (Å²) in [6, 6.07) is 18.4. The number of nitrogens with one attached hydrogen (secondary N) is 1. The average Bonchev–Trinajstić information content (AvgIpc) is 2.79. The monoisotopic (exact) mass is 346 g/mol. The summed E-state index contributed by atoms with van der Waals surface area (Å²) in [4.78, 5) is 12.8. The van der Waals surface area contributed by atoms with Gasteiger partial charge in [-0.05, 0) is 42.5 Å². The molecule has 3 aromatic rings. The van der Waals surface area contributed by atoms with Gasteiger partial charge in [-0.15, -0.1) is 0 Å². The Bertz CT molecular complexity index is 998. The summed E-state index contributed by atoms with van der Waals surface area (Å²) < 4.78 is 11.2. The van der Waals surface area contributed by atoms with Gasteiger partial charge in [0.25, 0.3) is 0 Å². The van der Waals surface area contributed by atoms with Crippen LogP contribution in [0.2, 0.25) is 0 Å². The molecule has 130 valence electrons. The van der Waals surface area contributed by atoms with E-state index in [0.717, 1.165) is 22.7 Å². The molecular formula is C21H18N2O3. The maximum Gasteiger partial charge on any atom is 0.197 e. The minimum absolute atomic E-state index is 0.0589. The standard InChI is InChI=1S/C21H18N2O3/c1-25-19-5-3-2-4-18(19)23-15-7-9-17-20(11-15)26-12-13-10-14(22)6-8-16(13)21(17)24/h2-11,23H,12,22H2,1H3. The lowest BCUT2D eigenvalue weighted by molar-refractivity contribution is 0.103. The topological polar surface area (TPSA) is 73.6 Å². The molecule has 0 amide bonds. The highest BCUT2D eigenvalue weighted by molar-refractivity contribution is 6.12. The second kappa shape index (κ2) is 6.44. The van der Waals surface area contributed by atoms with Gasteiger partial charge in [0.05, 0.1) is 18.4 Å². The van der Waals surface area contributed by atoms with Crippen LogP contribution >= 0.6 is 0 Å². The Morgan fingerprint density at radius 2 is 1.85 bits per heavy atom. The number of carbonyl (C=O) groups excluding carboxylic acids is 1. The Labute approximate surface area is 151 Å². The molecule has 5 nitrogen and oxygen atoms in total. The highest BCUT2D eigenvalue weighted by Crippen LogP contribution is 2.34. The van der Waals surface area contributed by atoms with Crippen molar-refractivity contribution in [2.75, 3.05) is 18.2 Å². The van der Waals surface area contributed by atoms with Gasteiger partial charge in [0, 0.05) is 28.6 Å². The molecule has 26 heavy (non-hydrogen) atoms. The molecule has 1 aliphatic heterocycles. The summed E-state index contributed by atoms with van der Waals surface area (Å²) in [6.45, 7) is 0.303. The highest BCUT2D eigenvalue weighted by atomic mass is 16.5. The third-order valence-corrected chi connectivity index (χ3v) is 4.37. The molecule has 0 saturated heterocycles. The number of hydrogen-bond donors (Lipinski definition) is 2. The number of anilines is 3. The van der Waals surface area contributed by atoms with Gasteiger partial charge in [0.2, 0.25) is 0 Å². The smallest absolute Gasteiger partial charge is 0.197 e. The van der Waals surface area contributed by atoms with Crippen LogP contribution in [0.3, 0.4) is 0 Å². The normalized spacial score (nSPS) is 12.4. The fraction of sp³-hybridized carbons (Fsp3) is 0.0952. The molecule has 0 unspecified atom stereocenters. The molecular weight excluding hydrogens is 328 g/mol. The highest BCUT2D eigenvalue weighted by Gasteiger charge is 2.22. The first-order valence-corrected chi connectivity index (χ1v) is 8.25. The van der Waals surface area contributed by atoms with Gasteiger partial charge in [0.15, 0.2) is 5.78 Å². The zero-order chi connectivity index (χ0) is 18.1. The van der Waals surface area contributed by atoms with Crippen molar-refractivity contribution in [2.24, 2.45) is 0 Å². The molecule has 1 aliphatic rings. The first kappa shape index (κ1) is 16.0. The maximum absolute atomic E-state index is 12.8. The Hall–Kier alpha value is -3.47. The van der Waals surface area contributed by atoms with Gasteiger partial charge < -0.3 is 20.5 Å². The molecule has 0 bridgehead atoms. The largest absolute Gasteiger partial charge is 0.495 e. The molecule has 0 atom stereocenters. The van der Waals surface area contributed by atoms with Crippen molar-refractivity contribution in [3.05, 3.63) is 77.4 Å². The molecule has 3 aromatic carbocycles. The molecule has 0 spiro atoms. The Balaban J connectivity index is 1.68. The van der Waals surface area contributed by atoms with Gasteiger partial charge in [0.1, 0.15) is 18.1 Å². The van der Waals surface area contributed by atoms with Crippen LogP contribution in [0, 0.1) is 0 Å². The minimum Gasteiger partial charge on any atom is -0.495 e. The number of para-hydroxylation sites is 2. The number of hydrogen-bond acceptors (Lipinski definition) is 5. The Morgan fingerprint density at radius 3 is 2.69 bits per heavy atom. The third kappa shape index (κ3) is 2.84. The van der Waals surface area contributed by atoms with E-state index in [2.05, 4.69) is 5.32 Å². The number of ketones is 1. The summed E-state index contributed by atoms with van der Waals surface area (Å²) >= 11 is 0. The first-order valence-electron chi connectivity index (χ1n) is 8.25. The quantitative estimate of drug-likeness (QED) is 0.697. The number of rotatable bonds is 3. The maximum atomic E-state index is 12.8. The number of methoxy groups -OCH3 is 1. The van der Waals surface area contributed by atoms with E-state index in [-0.39, 0.29) is 5.78 Å². The molecule has 0 radical (unpaired) electrons. The van der Waals surface area contributed by atoms with Crippen LogP contribution in [0.25, 0.3) is 0 Å². The van der Waals surface area contributed by atoms with Gasteiger partial charge in [-0.3, -0.25) is 4.79 Å². The molecule has 0 saturated carbocycles. The lowest BCUT2D eigenvalue weighted by Crippen LogP contribution is -2.03. The van der Waals surface area contributed by atoms with Crippen LogP contribution in [0.5, 0.6) is 11.5 Å². The Kier molecular flexibility index (Phi) is 3.97. The second-order valence-corrected chi connectivity index (χ2v) is 6.07. The third-order valence-electron chi connectivity index (χ3n) is 4.37. The zero-order valence-electron chi connectivity index (χ0n) is 14.3. The van der Waals surface area contributed by atoms with Gasteiger partial charge in [-0.25, -0.2) is 0 Å². The van der Waals surface area contributed by atoms with Crippen molar-refractivity contribution >= 4 is 22.8 Å². The molecule has 4 rings (SSSR count). The zero-order valence-corrected chi connectivity index (χ0v) is 14.3. The van der Waals surface area contributed by atoms with Crippen LogP contribution in [0.1, 0.15) is 21.5 Å². The fourth-order valence-electron chi connectivity index (χ4n) is 3.07. The first-order chi connectivity index (χ1) is 12.7. The average molecular weight is 346 g/mol. The number of benzene rings is 3. The van der Waals surface area contributed by atoms with E-state index in [9.17, 15) is 4.79 Å². The molecule has 0 fully saturated rings. The molecule has 5 heteroatoms. The Morgan fingerprint density at radius 1 is 1.04 bits per heavy atom. The van der Waals surface area contributed by atoms with E-state index in [4.69, 9.17) is 15.2 Å². The van der Waals surface area contributed by atoms with Crippen LogP contribution in [0.15, 0.2) is 60.7 Å². The summed E-state index contributed by atoms with van der Waals surface area (Å²) in [5, 5.41) is 3.30. The van der Waals surface area contributed by atoms with E-state index >= 15 is 0 Å². The van der Waals surface area contributed by atoms with E-state index in [1.54, 1.807) is 31.4 Å². The van der Waals surface area contributed by atoms with E-state index in [1.807, 2.05) is 36.4 Å². The number of carbonyl (C=O) groups is 1. The lowest BCUT2D eigenvalue weighted by atomic mass is 9.98. The van der Waals surface area contributed by atoms with Gasteiger partial charge >= 0.3 is 0 Å². The molecule has 1 heterocycles. The summed E-state index contributed by atoms with van der Waals surface area (Å²) in [6.07, 6.45) is 0.